The number of benzene rings is 1. The van der Waals surface area contributed by atoms with Crippen LogP contribution in [-0.2, 0) is 6.61 Å². The summed E-state index contributed by atoms with van der Waals surface area (Å²) in [5, 5.41) is 13.0. The van der Waals surface area contributed by atoms with Crippen molar-refractivity contribution in [2.45, 2.75) is 6.61 Å². The number of halogens is 2. The molecule has 0 fully saturated rings. The Kier molecular flexibility index (Phi) is 2.14. The Balaban J connectivity index is 2.54. The molecule has 0 saturated heterocycles. The third-order valence-electron chi connectivity index (χ3n) is 2.50. The highest BCUT2D eigenvalue weighted by atomic mass is 19.1. The van der Waals surface area contributed by atoms with Crippen LogP contribution in [0, 0.1) is 11.6 Å². The summed E-state index contributed by atoms with van der Waals surface area (Å²) in [6.07, 6.45) is 0. The minimum atomic E-state index is -0.826. The number of nitrogens with zero attached hydrogens (tertiary/aromatic N) is 4. The van der Waals surface area contributed by atoms with Crippen LogP contribution < -0.4 is 5.73 Å². The fraction of sp³-hybridized carbons (Fsp3) is 0.100. The van der Waals surface area contributed by atoms with Gasteiger partial charge < -0.3 is 10.8 Å². The fourth-order valence-electron chi connectivity index (χ4n) is 1.77. The number of hydrogen-bond acceptors (Lipinski definition) is 5. The molecule has 0 radical (unpaired) electrons. The van der Waals surface area contributed by atoms with E-state index in [1.54, 1.807) is 0 Å². The summed E-state index contributed by atoms with van der Waals surface area (Å²) >= 11 is 0. The monoisotopic (exact) mass is 251 g/mol. The minimum Gasteiger partial charge on any atom is -0.388 e. The van der Waals surface area contributed by atoms with Crippen molar-refractivity contribution >= 4 is 22.5 Å². The van der Waals surface area contributed by atoms with Gasteiger partial charge in [0, 0.05) is 6.07 Å². The van der Waals surface area contributed by atoms with Crippen molar-refractivity contribution in [2.24, 2.45) is 0 Å². The van der Waals surface area contributed by atoms with E-state index in [0.717, 1.165) is 10.6 Å². The zero-order chi connectivity index (χ0) is 12.9. The van der Waals surface area contributed by atoms with Crippen LogP contribution in [0.1, 0.15) is 5.82 Å². The van der Waals surface area contributed by atoms with Gasteiger partial charge >= 0.3 is 0 Å². The van der Waals surface area contributed by atoms with Crippen LogP contribution in [0.4, 0.5) is 14.7 Å². The zero-order valence-corrected chi connectivity index (χ0v) is 8.93. The van der Waals surface area contributed by atoms with Crippen molar-refractivity contribution < 1.29 is 13.9 Å². The van der Waals surface area contributed by atoms with Gasteiger partial charge in [0.05, 0.1) is 5.39 Å². The molecule has 3 aromatic rings. The summed E-state index contributed by atoms with van der Waals surface area (Å²) in [5.41, 5.74) is 5.67. The third-order valence-corrected chi connectivity index (χ3v) is 2.50. The molecule has 18 heavy (non-hydrogen) atoms. The van der Waals surface area contributed by atoms with Gasteiger partial charge in [-0.25, -0.2) is 18.7 Å². The van der Waals surface area contributed by atoms with E-state index < -0.39 is 18.2 Å². The van der Waals surface area contributed by atoms with Gasteiger partial charge in [0.15, 0.2) is 17.3 Å². The molecule has 8 heteroatoms. The Hall–Kier alpha value is -2.35. The summed E-state index contributed by atoms with van der Waals surface area (Å²) in [7, 11) is 0. The maximum atomic E-state index is 13.6. The molecule has 0 atom stereocenters. The first kappa shape index (κ1) is 10.8. The average Bonchev–Trinajstić information content (AvgIpc) is 2.76. The number of aromatic nitrogens is 4. The minimum absolute atomic E-state index is 0.0849. The number of nitrogens with two attached hydrogens (primary N) is 1. The lowest BCUT2D eigenvalue weighted by molar-refractivity contribution is 0.271. The molecule has 0 bridgehead atoms. The van der Waals surface area contributed by atoms with Gasteiger partial charge in [-0.15, -0.1) is 5.10 Å². The van der Waals surface area contributed by atoms with Crippen molar-refractivity contribution in [1.29, 1.82) is 0 Å². The lowest BCUT2D eigenvalue weighted by Gasteiger charge is -2.03. The number of aliphatic hydroxyl groups excluding tert-OH is 1. The molecule has 0 aliphatic carbocycles. The predicted molar refractivity (Wildman–Crippen MR) is 58.5 cm³/mol. The van der Waals surface area contributed by atoms with Gasteiger partial charge in [0.25, 0.3) is 0 Å². The highest BCUT2D eigenvalue weighted by molar-refractivity contribution is 5.92. The fourth-order valence-corrected chi connectivity index (χ4v) is 1.77. The van der Waals surface area contributed by atoms with Crippen LogP contribution in [0.2, 0.25) is 0 Å². The Morgan fingerprint density at radius 2 is 2.06 bits per heavy atom. The molecular formula is C10H7F2N5O. The molecule has 0 saturated carbocycles. The predicted octanol–water partition coefficient (Wildman–Crippen LogP) is 0.630. The first-order chi connectivity index (χ1) is 8.60. The number of hydrogen-bond donors (Lipinski definition) is 2. The van der Waals surface area contributed by atoms with Crippen LogP contribution in [0.15, 0.2) is 12.1 Å². The number of nitrogen functional groups attached to an aromatic ring is 1. The van der Waals surface area contributed by atoms with E-state index in [4.69, 9.17) is 10.8 Å². The lowest BCUT2D eigenvalue weighted by atomic mass is 10.2. The number of rotatable bonds is 1. The van der Waals surface area contributed by atoms with Crippen molar-refractivity contribution in [2.75, 3.05) is 5.73 Å². The van der Waals surface area contributed by atoms with E-state index in [2.05, 4.69) is 15.1 Å². The zero-order valence-electron chi connectivity index (χ0n) is 8.93. The Bertz CT molecular complexity index is 770. The van der Waals surface area contributed by atoms with Crippen LogP contribution >= 0.6 is 0 Å². The maximum Gasteiger partial charge on any atom is 0.223 e. The van der Waals surface area contributed by atoms with E-state index in [0.29, 0.717) is 6.07 Å². The number of fused-ring (bicyclic) bond motifs is 3. The Morgan fingerprint density at radius 1 is 1.28 bits per heavy atom. The Labute approximate surface area is 98.7 Å². The molecule has 92 valence electrons. The largest absolute Gasteiger partial charge is 0.388 e. The molecule has 0 aliphatic heterocycles. The van der Waals surface area contributed by atoms with E-state index in [9.17, 15) is 8.78 Å². The molecule has 3 rings (SSSR count). The van der Waals surface area contributed by atoms with E-state index in [-0.39, 0.29) is 28.3 Å². The first-order valence-corrected chi connectivity index (χ1v) is 5.01. The molecule has 6 nitrogen and oxygen atoms in total. The van der Waals surface area contributed by atoms with E-state index in [1.807, 2.05) is 0 Å². The van der Waals surface area contributed by atoms with Gasteiger partial charge in [0.2, 0.25) is 5.95 Å². The van der Waals surface area contributed by atoms with Crippen molar-refractivity contribution in [3.8, 4) is 0 Å². The average molecular weight is 251 g/mol. The highest BCUT2D eigenvalue weighted by Gasteiger charge is 2.15. The standard InChI is InChI=1S/C10H7F2N5O/c11-4-1-5-8(6(12)2-4)15-10(13)17-9(5)14-7(3-18)16-17/h1-2,18H,3H2,(H2,13,15). The van der Waals surface area contributed by atoms with Crippen LogP contribution in [0.3, 0.4) is 0 Å². The topological polar surface area (TPSA) is 89.3 Å². The van der Waals surface area contributed by atoms with Gasteiger partial charge in [-0.1, -0.05) is 0 Å². The summed E-state index contributed by atoms with van der Waals surface area (Å²) in [6, 6.07) is 1.81. The third kappa shape index (κ3) is 1.39. The quantitative estimate of drug-likeness (QED) is 0.662. The molecular weight excluding hydrogens is 244 g/mol. The summed E-state index contributed by atoms with van der Waals surface area (Å²) in [4.78, 5) is 7.76. The number of aliphatic hydroxyl groups is 1. The second-order valence-electron chi connectivity index (χ2n) is 3.68. The first-order valence-electron chi connectivity index (χ1n) is 5.01. The van der Waals surface area contributed by atoms with Gasteiger partial charge in [0.1, 0.15) is 17.9 Å². The molecule has 1 aromatic carbocycles. The van der Waals surface area contributed by atoms with Gasteiger partial charge in [-0.05, 0) is 6.07 Å². The second-order valence-corrected chi connectivity index (χ2v) is 3.68. The summed E-state index contributed by atoms with van der Waals surface area (Å²) < 4.78 is 27.9. The molecule has 0 spiro atoms. The van der Waals surface area contributed by atoms with Crippen LogP contribution in [-0.4, -0.2) is 24.7 Å². The number of anilines is 1. The van der Waals surface area contributed by atoms with Crippen LogP contribution in [0.5, 0.6) is 0 Å². The molecule has 3 N–H and O–H groups in total. The van der Waals surface area contributed by atoms with Gasteiger partial charge in [-0.3, -0.25) is 0 Å². The van der Waals surface area contributed by atoms with Crippen molar-refractivity contribution in [3.63, 3.8) is 0 Å². The van der Waals surface area contributed by atoms with Crippen molar-refractivity contribution in [3.05, 3.63) is 29.6 Å². The van der Waals surface area contributed by atoms with Crippen molar-refractivity contribution in [1.82, 2.24) is 19.6 Å². The molecule has 0 aliphatic rings. The highest BCUT2D eigenvalue weighted by Crippen LogP contribution is 2.23. The smallest absolute Gasteiger partial charge is 0.223 e. The maximum absolute atomic E-state index is 13.6. The SMILES string of the molecule is Nc1nc2c(F)cc(F)cc2c2nc(CO)nn12. The molecule has 0 amide bonds. The molecule has 2 heterocycles. The van der Waals surface area contributed by atoms with E-state index >= 15 is 0 Å². The molecule has 0 unspecified atom stereocenters. The van der Waals surface area contributed by atoms with Gasteiger partial charge in [-0.2, -0.15) is 4.52 Å². The summed E-state index contributed by atoms with van der Waals surface area (Å²) in [6.45, 7) is -0.402. The second kappa shape index (κ2) is 3.57. The van der Waals surface area contributed by atoms with Crippen LogP contribution in [0.25, 0.3) is 16.6 Å². The Morgan fingerprint density at radius 3 is 2.78 bits per heavy atom. The normalized spacial score (nSPS) is 11.5. The lowest BCUT2D eigenvalue weighted by Crippen LogP contribution is -2.04. The van der Waals surface area contributed by atoms with E-state index in [1.165, 1.54) is 0 Å². The molecule has 2 aromatic heterocycles. The summed E-state index contributed by atoms with van der Waals surface area (Å²) in [5.74, 6) is -1.56.